The number of aromatic nitrogens is 1. The largest absolute Gasteiger partial charge is 0.493 e. The van der Waals surface area contributed by atoms with Gasteiger partial charge in [-0.25, -0.2) is 4.98 Å². The maximum absolute atomic E-state index is 13.2. The Balaban J connectivity index is 1.38. The minimum atomic E-state index is 0.0933. The number of hydrogen-bond donors (Lipinski definition) is 0. The highest BCUT2D eigenvalue weighted by Gasteiger charge is 2.27. The molecule has 160 valence electrons. The van der Waals surface area contributed by atoms with E-state index in [1.165, 1.54) is 18.4 Å². The molecule has 2 aliphatic rings. The van der Waals surface area contributed by atoms with Crippen LogP contribution in [-0.4, -0.2) is 74.2 Å². The van der Waals surface area contributed by atoms with Crippen molar-refractivity contribution in [3.05, 3.63) is 47.7 Å². The fraction of sp³-hybridized carbons (Fsp3) is 0.478. The van der Waals surface area contributed by atoms with Crippen LogP contribution in [0.5, 0.6) is 11.5 Å². The van der Waals surface area contributed by atoms with Gasteiger partial charge in [-0.3, -0.25) is 9.69 Å². The van der Waals surface area contributed by atoms with Crippen molar-refractivity contribution in [2.24, 2.45) is 0 Å². The van der Waals surface area contributed by atoms with Crippen molar-refractivity contribution in [1.82, 2.24) is 14.8 Å². The molecule has 2 aliphatic heterocycles. The van der Waals surface area contributed by atoms with Crippen LogP contribution in [0.4, 0.5) is 5.82 Å². The van der Waals surface area contributed by atoms with Crippen molar-refractivity contribution in [3.63, 3.8) is 0 Å². The van der Waals surface area contributed by atoms with Gasteiger partial charge in [0.1, 0.15) is 5.82 Å². The number of ether oxygens (including phenoxy) is 2. The van der Waals surface area contributed by atoms with E-state index >= 15 is 0 Å². The van der Waals surface area contributed by atoms with Gasteiger partial charge in [-0.05, 0) is 42.7 Å². The number of anilines is 1. The second kappa shape index (κ2) is 9.34. The molecule has 2 aromatic rings. The van der Waals surface area contributed by atoms with Crippen LogP contribution >= 0.6 is 0 Å². The van der Waals surface area contributed by atoms with Gasteiger partial charge in [-0.2, -0.15) is 0 Å². The van der Waals surface area contributed by atoms with Crippen molar-refractivity contribution in [3.8, 4) is 11.5 Å². The number of amides is 1. The maximum atomic E-state index is 13.2. The summed E-state index contributed by atoms with van der Waals surface area (Å²) < 4.78 is 10.7. The van der Waals surface area contributed by atoms with Crippen molar-refractivity contribution < 1.29 is 14.3 Å². The lowest BCUT2D eigenvalue weighted by Gasteiger charge is -2.35. The van der Waals surface area contributed by atoms with Crippen LogP contribution in [0.1, 0.15) is 28.8 Å². The molecule has 0 aliphatic carbocycles. The highest BCUT2D eigenvalue weighted by Crippen LogP contribution is 2.28. The first-order chi connectivity index (χ1) is 14.7. The fourth-order valence-electron chi connectivity index (χ4n) is 4.26. The number of carbonyl (C=O) groups excluding carboxylic acids is 1. The lowest BCUT2D eigenvalue weighted by Crippen LogP contribution is -2.48. The summed E-state index contributed by atoms with van der Waals surface area (Å²) in [5, 5.41) is 0. The quantitative estimate of drug-likeness (QED) is 0.730. The van der Waals surface area contributed by atoms with Crippen LogP contribution in [0.3, 0.4) is 0 Å². The zero-order valence-corrected chi connectivity index (χ0v) is 17.8. The van der Waals surface area contributed by atoms with Crippen LogP contribution in [-0.2, 0) is 6.54 Å². The zero-order chi connectivity index (χ0) is 20.9. The van der Waals surface area contributed by atoms with Crippen molar-refractivity contribution in [1.29, 1.82) is 0 Å². The van der Waals surface area contributed by atoms with E-state index in [4.69, 9.17) is 9.47 Å². The third-order valence-corrected chi connectivity index (χ3v) is 5.94. The van der Waals surface area contributed by atoms with E-state index in [1.807, 2.05) is 29.2 Å². The molecule has 3 heterocycles. The summed E-state index contributed by atoms with van der Waals surface area (Å²) in [6, 6.07) is 9.81. The molecule has 2 saturated heterocycles. The first-order valence-corrected chi connectivity index (χ1v) is 10.6. The lowest BCUT2D eigenvalue weighted by atomic mass is 10.1. The Morgan fingerprint density at radius 3 is 2.40 bits per heavy atom. The molecule has 4 rings (SSSR count). The van der Waals surface area contributed by atoms with Crippen LogP contribution in [0.15, 0.2) is 36.5 Å². The van der Waals surface area contributed by atoms with Crippen molar-refractivity contribution >= 4 is 11.7 Å². The maximum Gasteiger partial charge on any atom is 0.257 e. The number of benzene rings is 1. The Morgan fingerprint density at radius 2 is 1.70 bits per heavy atom. The lowest BCUT2D eigenvalue weighted by molar-refractivity contribution is 0.0628. The summed E-state index contributed by atoms with van der Waals surface area (Å²) in [6.45, 7) is 5.93. The van der Waals surface area contributed by atoms with Crippen LogP contribution < -0.4 is 14.4 Å². The average Bonchev–Trinajstić information content (AvgIpc) is 3.34. The second-order valence-electron chi connectivity index (χ2n) is 7.83. The van der Waals surface area contributed by atoms with Gasteiger partial charge in [-0.1, -0.05) is 6.07 Å². The number of methoxy groups -OCH3 is 2. The van der Waals surface area contributed by atoms with Gasteiger partial charge in [0.2, 0.25) is 0 Å². The van der Waals surface area contributed by atoms with E-state index in [-0.39, 0.29) is 5.91 Å². The Bertz CT molecular complexity index is 875. The van der Waals surface area contributed by atoms with E-state index < -0.39 is 0 Å². The SMILES string of the molecule is COc1ccc(CN2CCN(C(=O)c3cccnc3N3CCCC3)CC2)cc1OC. The number of rotatable bonds is 6. The smallest absolute Gasteiger partial charge is 0.257 e. The van der Waals surface area contributed by atoms with E-state index in [9.17, 15) is 4.79 Å². The molecule has 0 saturated carbocycles. The van der Waals surface area contributed by atoms with E-state index in [1.54, 1.807) is 20.4 Å². The average molecular weight is 411 g/mol. The third-order valence-electron chi connectivity index (χ3n) is 5.94. The third kappa shape index (κ3) is 4.36. The van der Waals surface area contributed by atoms with E-state index in [2.05, 4.69) is 20.9 Å². The number of carbonyl (C=O) groups is 1. The van der Waals surface area contributed by atoms with Crippen LogP contribution in [0.25, 0.3) is 0 Å². The van der Waals surface area contributed by atoms with Gasteiger partial charge in [0.05, 0.1) is 19.8 Å². The highest BCUT2D eigenvalue weighted by molar-refractivity contribution is 5.99. The predicted octanol–water partition coefficient (Wildman–Crippen LogP) is 2.66. The van der Waals surface area contributed by atoms with Crippen LogP contribution in [0, 0.1) is 0 Å². The number of hydrogen-bond acceptors (Lipinski definition) is 6. The molecule has 2 fully saturated rings. The Kier molecular flexibility index (Phi) is 6.38. The molecule has 1 aromatic heterocycles. The molecular formula is C23H30N4O3. The first kappa shape index (κ1) is 20.5. The summed E-state index contributed by atoms with van der Waals surface area (Å²) in [7, 11) is 3.30. The summed E-state index contributed by atoms with van der Waals surface area (Å²) >= 11 is 0. The fourth-order valence-corrected chi connectivity index (χ4v) is 4.26. The van der Waals surface area contributed by atoms with Gasteiger partial charge in [-0.15, -0.1) is 0 Å². The first-order valence-electron chi connectivity index (χ1n) is 10.6. The number of pyridine rings is 1. The van der Waals surface area contributed by atoms with Crippen LogP contribution in [0.2, 0.25) is 0 Å². The van der Waals surface area contributed by atoms with Gasteiger partial charge < -0.3 is 19.3 Å². The van der Waals surface area contributed by atoms with E-state index in [0.29, 0.717) is 0 Å². The molecule has 0 N–H and O–H groups in total. The molecule has 7 nitrogen and oxygen atoms in total. The molecule has 0 radical (unpaired) electrons. The van der Waals surface area contributed by atoms with Gasteiger partial charge in [0.25, 0.3) is 5.91 Å². The molecule has 1 aromatic carbocycles. The number of nitrogens with zero attached hydrogens (tertiary/aromatic N) is 4. The topological polar surface area (TPSA) is 58.1 Å². The molecule has 0 atom stereocenters. The molecule has 0 bridgehead atoms. The minimum absolute atomic E-state index is 0.0933. The zero-order valence-electron chi connectivity index (χ0n) is 17.8. The summed E-state index contributed by atoms with van der Waals surface area (Å²) in [5.41, 5.74) is 1.91. The summed E-state index contributed by atoms with van der Waals surface area (Å²) in [6.07, 6.45) is 4.11. The Hall–Kier alpha value is -2.80. The van der Waals surface area contributed by atoms with Crippen molar-refractivity contribution in [2.75, 3.05) is 58.4 Å². The molecule has 0 spiro atoms. The minimum Gasteiger partial charge on any atom is -0.493 e. The summed E-state index contributed by atoms with van der Waals surface area (Å²) in [5.74, 6) is 2.42. The monoisotopic (exact) mass is 410 g/mol. The Morgan fingerprint density at radius 1 is 0.967 bits per heavy atom. The molecule has 1 amide bonds. The van der Waals surface area contributed by atoms with Gasteiger partial charge >= 0.3 is 0 Å². The van der Waals surface area contributed by atoms with Crippen molar-refractivity contribution in [2.45, 2.75) is 19.4 Å². The molecule has 0 unspecified atom stereocenters. The van der Waals surface area contributed by atoms with Gasteiger partial charge in [0, 0.05) is 52.0 Å². The molecule has 7 heteroatoms. The second-order valence-corrected chi connectivity index (χ2v) is 7.83. The standard InChI is InChI=1S/C23H30N4O3/c1-29-20-8-7-18(16-21(20)30-2)17-25-12-14-27(15-13-25)23(28)19-6-5-9-24-22(19)26-10-3-4-11-26/h5-9,16H,3-4,10-15,17H2,1-2H3. The van der Waals surface area contributed by atoms with Gasteiger partial charge in [0.15, 0.2) is 11.5 Å². The summed E-state index contributed by atoms with van der Waals surface area (Å²) in [4.78, 5) is 24.3. The molecule has 30 heavy (non-hydrogen) atoms. The number of piperazine rings is 1. The highest BCUT2D eigenvalue weighted by atomic mass is 16.5. The Labute approximate surface area is 178 Å². The normalized spacial score (nSPS) is 17.3. The predicted molar refractivity (Wildman–Crippen MR) is 116 cm³/mol. The van der Waals surface area contributed by atoms with E-state index in [0.717, 1.165) is 68.7 Å². The molecular weight excluding hydrogens is 380 g/mol.